The summed E-state index contributed by atoms with van der Waals surface area (Å²) in [4.78, 5) is 15.3. The number of hydrogen-bond donors (Lipinski definition) is 1. The second-order valence-corrected chi connectivity index (χ2v) is 4.50. The number of furan rings is 1. The maximum Gasteiger partial charge on any atom is 0.358 e. The maximum absolute atomic E-state index is 11.3. The average Bonchev–Trinajstić information content (AvgIpc) is 3.07. The highest BCUT2D eigenvalue weighted by molar-refractivity contribution is 5.92. The molecule has 0 saturated carbocycles. The van der Waals surface area contributed by atoms with Crippen LogP contribution < -0.4 is 0 Å². The average molecular weight is 284 g/mol. The molecule has 1 N–H and O–H groups in total. The molecular formula is C14H12N4O3. The molecule has 0 unspecified atom stereocenters. The molecule has 3 rings (SSSR count). The number of hydrogen-bond acceptors (Lipinski definition) is 5. The molecule has 0 aromatic carbocycles. The minimum Gasteiger partial charge on any atom is -0.476 e. The zero-order valence-corrected chi connectivity index (χ0v) is 11.2. The fourth-order valence-corrected chi connectivity index (χ4v) is 2.07. The van der Waals surface area contributed by atoms with E-state index in [2.05, 4.69) is 15.3 Å². The van der Waals surface area contributed by atoms with Crippen molar-refractivity contribution in [2.45, 2.75) is 13.5 Å². The van der Waals surface area contributed by atoms with Gasteiger partial charge in [0.05, 0.1) is 0 Å². The summed E-state index contributed by atoms with van der Waals surface area (Å²) in [5, 5.41) is 16.9. The van der Waals surface area contributed by atoms with Crippen molar-refractivity contribution in [1.29, 1.82) is 0 Å². The highest BCUT2D eigenvalue weighted by atomic mass is 16.4. The fraction of sp³-hybridized carbons (Fsp3) is 0.143. The molecule has 0 aliphatic rings. The summed E-state index contributed by atoms with van der Waals surface area (Å²) in [5.41, 5.74) is 0.944. The first-order chi connectivity index (χ1) is 10.1. The lowest BCUT2D eigenvalue weighted by Crippen LogP contribution is -2.05. The van der Waals surface area contributed by atoms with Crippen LogP contribution in [0.4, 0.5) is 0 Å². The van der Waals surface area contributed by atoms with Crippen LogP contribution >= 0.6 is 0 Å². The lowest BCUT2D eigenvalue weighted by atomic mass is 10.1. The largest absolute Gasteiger partial charge is 0.476 e. The molecule has 0 saturated heterocycles. The Morgan fingerprint density at radius 2 is 2.24 bits per heavy atom. The van der Waals surface area contributed by atoms with Crippen molar-refractivity contribution in [2.75, 3.05) is 0 Å². The first-order valence-corrected chi connectivity index (χ1v) is 6.27. The third kappa shape index (κ3) is 2.53. The van der Waals surface area contributed by atoms with Gasteiger partial charge in [-0.05, 0) is 31.2 Å². The molecule has 0 bridgehead atoms. The molecular weight excluding hydrogens is 272 g/mol. The summed E-state index contributed by atoms with van der Waals surface area (Å²) in [7, 11) is 0. The molecule has 0 aliphatic heterocycles. The molecule has 3 aromatic rings. The van der Waals surface area contributed by atoms with Crippen molar-refractivity contribution < 1.29 is 14.3 Å². The Morgan fingerprint density at radius 3 is 2.86 bits per heavy atom. The second-order valence-electron chi connectivity index (χ2n) is 4.50. The summed E-state index contributed by atoms with van der Waals surface area (Å²) >= 11 is 0. The van der Waals surface area contributed by atoms with Gasteiger partial charge in [0.2, 0.25) is 0 Å². The minimum absolute atomic E-state index is 0.105. The standard InChI is InChI=1S/C14H12N4O3/c1-9-4-5-11(21-9)8-18-13(10-3-2-6-15-7-10)12(14(19)20)16-17-18/h2-7H,8H2,1H3,(H,19,20). The van der Waals surface area contributed by atoms with Crippen LogP contribution in [-0.4, -0.2) is 31.1 Å². The zero-order chi connectivity index (χ0) is 14.8. The topological polar surface area (TPSA) is 94.0 Å². The molecule has 0 atom stereocenters. The summed E-state index contributed by atoms with van der Waals surface area (Å²) in [6, 6.07) is 7.16. The van der Waals surface area contributed by atoms with Crippen molar-refractivity contribution in [2.24, 2.45) is 0 Å². The number of aryl methyl sites for hydroxylation is 1. The van der Waals surface area contributed by atoms with Crippen LogP contribution in [0.2, 0.25) is 0 Å². The van der Waals surface area contributed by atoms with E-state index in [0.717, 1.165) is 5.76 Å². The van der Waals surface area contributed by atoms with Crippen LogP contribution in [0, 0.1) is 6.92 Å². The predicted octanol–water partition coefficient (Wildman–Crippen LogP) is 1.99. The Morgan fingerprint density at radius 1 is 1.38 bits per heavy atom. The van der Waals surface area contributed by atoms with E-state index in [1.54, 1.807) is 24.5 Å². The first kappa shape index (κ1) is 13.0. The van der Waals surface area contributed by atoms with Gasteiger partial charge in [-0.2, -0.15) is 0 Å². The number of pyridine rings is 1. The third-order valence-electron chi connectivity index (χ3n) is 2.97. The Bertz CT molecular complexity index is 777. The number of aromatic nitrogens is 4. The van der Waals surface area contributed by atoms with Gasteiger partial charge >= 0.3 is 5.97 Å². The summed E-state index contributed by atoms with van der Waals surface area (Å²) in [6.45, 7) is 2.15. The van der Waals surface area contributed by atoms with E-state index in [0.29, 0.717) is 23.6 Å². The van der Waals surface area contributed by atoms with Gasteiger partial charge in [0.15, 0.2) is 5.69 Å². The van der Waals surface area contributed by atoms with Gasteiger partial charge < -0.3 is 9.52 Å². The van der Waals surface area contributed by atoms with Gasteiger partial charge in [0.1, 0.15) is 23.8 Å². The van der Waals surface area contributed by atoms with E-state index in [1.807, 2.05) is 19.1 Å². The summed E-state index contributed by atoms with van der Waals surface area (Å²) in [5.74, 6) is 0.335. The quantitative estimate of drug-likeness (QED) is 0.787. The number of carboxylic acids is 1. The van der Waals surface area contributed by atoms with Crippen molar-refractivity contribution in [3.63, 3.8) is 0 Å². The smallest absolute Gasteiger partial charge is 0.358 e. The third-order valence-corrected chi connectivity index (χ3v) is 2.97. The molecule has 3 heterocycles. The van der Waals surface area contributed by atoms with E-state index in [4.69, 9.17) is 4.42 Å². The maximum atomic E-state index is 11.3. The van der Waals surface area contributed by atoms with Gasteiger partial charge in [-0.3, -0.25) is 4.98 Å². The Labute approximate surface area is 119 Å². The van der Waals surface area contributed by atoms with Crippen LogP contribution in [0.15, 0.2) is 41.1 Å². The summed E-state index contributed by atoms with van der Waals surface area (Å²) in [6.07, 6.45) is 3.20. The minimum atomic E-state index is -1.13. The number of carbonyl (C=O) groups is 1. The van der Waals surface area contributed by atoms with Crippen LogP contribution in [0.1, 0.15) is 22.0 Å². The van der Waals surface area contributed by atoms with E-state index in [9.17, 15) is 9.90 Å². The lowest BCUT2D eigenvalue weighted by molar-refractivity contribution is 0.0691. The highest BCUT2D eigenvalue weighted by Crippen LogP contribution is 2.22. The molecule has 7 heteroatoms. The molecule has 7 nitrogen and oxygen atoms in total. The van der Waals surface area contributed by atoms with Crippen molar-refractivity contribution in [1.82, 2.24) is 20.0 Å². The van der Waals surface area contributed by atoms with Crippen LogP contribution in [0.25, 0.3) is 11.3 Å². The molecule has 0 fully saturated rings. The Kier molecular flexibility index (Phi) is 3.23. The highest BCUT2D eigenvalue weighted by Gasteiger charge is 2.21. The molecule has 0 spiro atoms. The number of aromatic carboxylic acids is 1. The van der Waals surface area contributed by atoms with E-state index in [1.165, 1.54) is 4.68 Å². The van der Waals surface area contributed by atoms with Gasteiger partial charge in [-0.15, -0.1) is 5.10 Å². The SMILES string of the molecule is Cc1ccc(Cn2nnc(C(=O)O)c2-c2cccnc2)o1. The molecule has 0 amide bonds. The zero-order valence-electron chi connectivity index (χ0n) is 11.2. The number of carboxylic acid groups (broad SMARTS) is 1. The van der Waals surface area contributed by atoms with Gasteiger partial charge in [-0.25, -0.2) is 9.48 Å². The van der Waals surface area contributed by atoms with Gasteiger partial charge in [0.25, 0.3) is 0 Å². The van der Waals surface area contributed by atoms with E-state index >= 15 is 0 Å². The second kappa shape index (κ2) is 5.20. The fourth-order valence-electron chi connectivity index (χ4n) is 2.07. The molecule has 3 aromatic heterocycles. The summed E-state index contributed by atoms with van der Waals surface area (Å²) < 4.78 is 7.00. The number of rotatable bonds is 4. The van der Waals surface area contributed by atoms with Crippen LogP contribution in [0.5, 0.6) is 0 Å². The van der Waals surface area contributed by atoms with Gasteiger partial charge in [0, 0.05) is 18.0 Å². The van der Waals surface area contributed by atoms with Crippen LogP contribution in [-0.2, 0) is 6.54 Å². The van der Waals surface area contributed by atoms with E-state index < -0.39 is 5.97 Å². The molecule has 0 aliphatic carbocycles. The normalized spacial score (nSPS) is 10.7. The Hall–Kier alpha value is -2.96. The number of nitrogens with zero attached hydrogens (tertiary/aromatic N) is 4. The van der Waals surface area contributed by atoms with Crippen molar-refractivity contribution in [3.8, 4) is 11.3 Å². The molecule has 106 valence electrons. The van der Waals surface area contributed by atoms with Crippen molar-refractivity contribution >= 4 is 5.97 Å². The van der Waals surface area contributed by atoms with Crippen LogP contribution in [0.3, 0.4) is 0 Å². The monoisotopic (exact) mass is 284 g/mol. The molecule has 21 heavy (non-hydrogen) atoms. The van der Waals surface area contributed by atoms with Crippen molar-refractivity contribution in [3.05, 3.63) is 53.9 Å². The van der Waals surface area contributed by atoms with E-state index in [-0.39, 0.29) is 5.69 Å². The lowest BCUT2D eigenvalue weighted by Gasteiger charge is -2.05. The first-order valence-electron chi connectivity index (χ1n) is 6.27. The molecule has 0 radical (unpaired) electrons. The Balaban J connectivity index is 2.07. The predicted molar refractivity (Wildman–Crippen MR) is 72.8 cm³/mol. The van der Waals surface area contributed by atoms with Gasteiger partial charge in [-0.1, -0.05) is 5.21 Å².